The van der Waals surface area contributed by atoms with E-state index in [0.29, 0.717) is 31.0 Å². The Morgan fingerprint density at radius 1 is 1.09 bits per heavy atom. The number of benzene rings is 1. The molecule has 0 radical (unpaired) electrons. The molecule has 4 rings (SSSR count). The second-order valence-corrected chi connectivity index (χ2v) is 9.01. The number of amides is 2. The fraction of sp³-hybridized carbons (Fsp3) is 0.542. The summed E-state index contributed by atoms with van der Waals surface area (Å²) < 4.78 is 24.4. The number of nitrogens with zero attached hydrogens (tertiary/aromatic N) is 3. The fourth-order valence-electron chi connectivity index (χ4n) is 4.67. The quantitative estimate of drug-likeness (QED) is 0.678. The lowest BCUT2D eigenvalue weighted by molar-refractivity contribution is -0.136. The van der Waals surface area contributed by atoms with Gasteiger partial charge in [-0.15, -0.1) is 0 Å². The molecule has 3 heterocycles. The van der Waals surface area contributed by atoms with Gasteiger partial charge in [0.15, 0.2) is 5.69 Å². The molecule has 1 aromatic carbocycles. The smallest absolute Gasteiger partial charge is 0.276 e. The van der Waals surface area contributed by atoms with Gasteiger partial charge in [-0.1, -0.05) is 5.16 Å². The number of halogens is 1. The second kappa shape index (κ2) is 9.71. The van der Waals surface area contributed by atoms with E-state index in [1.54, 1.807) is 30.0 Å². The van der Waals surface area contributed by atoms with Crippen LogP contribution in [0.25, 0.3) is 0 Å². The van der Waals surface area contributed by atoms with Gasteiger partial charge in [-0.3, -0.25) is 9.59 Å². The van der Waals surface area contributed by atoms with Crippen molar-refractivity contribution in [3.05, 3.63) is 47.6 Å². The summed E-state index contributed by atoms with van der Waals surface area (Å²) >= 11 is 0. The summed E-state index contributed by atoms with van der Waals surface area (Å²) in [4.78, 5) is 29.9. The van der Waals surface area contributed by atoms with E-state index >= 15 is 0 Å². The SMILES string of the molecule is Cc1cc(C(=O)N2CCC[C@@](COc3ccc(F)cc3)(CC(=O)N3CCCCC3)C2)no1. The molecule has 2 aliphatic rings. The molecule has 32 heavy (non-hydrogen) atoms. The van der Waals surface area contributed by atoms with Crippen molar-refractivity contribution in [2.45, 2.75) is 45.4 Å². The van der Waals surface area contributed by atoms with Gasteiger partial charge >= 0.3 is 0 Å². The van der Waals surface area contributed by atoms with E-state index in [-0.39, 0.29) is 29.9 Å². The highest BCUT2D eigenvalue weighted by Crippen LogP contribution is 2.36. The van der Waals surface area contributed by atoms with Gasteiger partial charge in [0.1, 0.15) is 17.3 Å². The van der Waals surface area contributed by atoms with Gasteiger partial charge in [0.25, 0.3) is 5.91 Å². The lowest BCUT2D eigenvalue weighted by Gasteiger charge is -2.43. The van der Waals surface area contributed by atoms with Crippen molar-refractivity contribution in [3.63, 3.8) is 0 Å². The van der Waals surface area contributed by atoms with Crippen molar-refractivity contribution in [2.24, 2.45) is 5.41 Å². The predicted octanol–water partition coefficient (Wildman–Crippen LogP) is 3.83. The molecule has 2 fully saturated rings. The maximum Gasteiger partial charge on any atom is 0.276 e. The Morgan fingerprint density at radius 2 is 1.81 bits per heavy atom. The standard InChI is InChI=1S/C24H30FN3O4/c1-18-14-21(26-32-18)23(30)28-13-5-10-24(16-28,15-22(29)27-11-3-2-4-12-27)17-31-20-8-6-19(25)7-9-20/h6-9,14H,2-5,10-13,15-17H2,1H3/t24-/m1/s1. The van der Waals surface area contributed by atoms with Crippen LogP contribution in [0, 0.1) is 18.2 Å². The second-order valence-electron chi connectivity index (χ2n) is 9.01. The number of hydrogen-bond donors (Lipinski definition) is 0. The third kappa shape index (κ3) is 5.29. The Hall–Kier alpha value is -2.90. The molecule has 0 saturated carbocycles. The maximum absolute atomic E-state index is 13.3. The molecule has 0 spiro atoms. The molecule has 0 unspecified atom stereocenters. The first-order valence-corrected chi connectivity index (χ1v) is 11.3. The molecule has 1 aromatic heterocycles. The number of aromatic nitrogens is 1. The van der Waals surface area contributed by atoms with E-state index in [2.05, 4.69) is 5.16 Å². The fourth-order valence-corrected chi connectivity index (χ4v) is 4.67. The highest BCUT2D eigenvalue weighted by atomic mass is 19.1. The van der Waals surface area contributed by atoms with E-state index in [1.807, 2.05) is 4.90 Å². The zero-order valence-corrected chi connectivity index (χ0v) is 18.5. The molecular formula is C24H30FN3O4. The van der Waals surface area contributed by atoms with Crippen LogP contribution in [0.4, 0.5) is 4.39 Å². The minimum absolute atomic E-state index is 0.110. The topological polar surface area (TPSA) is 75.9 Å². The van der Waals surface area contributed by atoms with Crippen LogP contribution in [0.3, 0.4) is 0 Å². The highest BCUT2D eigenvalue weighted by molar-refractivity contribution is 5.92. The Kier molecular flexibility index (Phi) is 6.77. The van der Waals surface area contributed by atoms with E-state index in [1.165, 1.54) is 12.1 Å². The molecule has 0 bridgehead atoms. The number of carbonyl (C=O) groups excluding carboxylic acids is 2. The third-order valence-corrected chi connectivity index (χ3v) is 6.39. The zero-order valence-electron chi connectivity index (χ0n) is 18.5. The van der Waals surface area contributed by atoms with Crippen LogP contribution in [0.15, 0.2) is 34.9 Å². The third-order valence-electron chi connectivity index (χ3n) is 6.39. The summed E-state index contributed by atoms with van der Waals surface area (Å²) in [6.45, 7) is 4.60. The minimum Gasteiger partial charge on any atom is -0.493 e. The number of hydrogen-bond acceptors (Lipinski definition) is 5. The molecular weight excluding hydrogens is 413 g/mol. The Bertz CT molecular complexity index is 939. The number of rotatable bonds is 6. The molecule has 2 saturated heterocycles. The number of carbonyl (C=O) groups is 2. The predicted molar refractivity (Wildman–Crippen MR) is 116 cm³/mol. The summed E-state index contributed by atoms with van der Waals surface area (Å²) in [5.41, 5.74) is -0.240. The molecule has 7 nitrogen and oxygen atoms in total. The largest absolute Gasteiger partial charge is 0.493 e. The van der Waals surface area contributed by atoms with Crippen molar-refractivity contribution in [1.29, 1.82) is 0 Å². The summed E-state index contributed by atoms with van der Waals surface area (Å²) in [7, 11) is 0. The van der Waals surface area contributed by atoms with Crippen LogP contribution in [0.2, 0.25) is 0 Å². The van der Waals surface area contributed by atoms with Crippen molar-refractivity contribution in [3.8, 4) is 5.75 Å². The molecule has 172 valence electrons. The first-order valence-electron chi connectivity index (χ1n) is 11.3. The summed E-state index contributed by atoms with van der Waals surface area (Å²) in [6.07, 6.45) is 5.07. The average Bonchev–Trinajstić information content (AvgIpc) is 3.25. The first-order chi connectivity index (χ1) is 15.4. The molecule has 2 amide bonds. The Morgan fingerprint density at radius 3 is 2.50 bits per heavy atom. The summed E-state index contributed by atoms with van der Waals surface area (Å²) in [5.74, 6) is 0.713. The van der Waals surface area contributed by atoms with Crippen LogP contribution in [-0.2, 0) is 4.79 Å². The van der Waals surface area contributed by atoms with Gasteiger partial charge in [-0.25, -0.2) is 4.39 Å². The zero-order chi connectivity index (χ0) is 22.6. The van der Waals surface area contributed by atoms with Crippen LogP contribution < -0.4 is 4.74 Å². The van der Waals surface area contributed by atoms with Crippen molar-refractivity contribution in [1.82, 2.24) is 15.0 Å². The lowest BCUT2D eigenvalue weighted by Crippen LogP contribution is -2.51. The van der Waals surface area contributed by atoms with Gasteiger partial charge in [-0.2, -0.15) is 0 Å². The highest BCUT2D eigenvalue weighted by Gasteiger charge is 2.41. The first kappa shape index (κ1) is 22.3. The monoisotopic (exact) mass is 443 g/mol. The molecule has 1 atom stereocenters. The summed E-state index contributed by atoms with van der Waals surface area (Å²) in [5, 5.41) is 3.87. The maximum atomic E-state index is 13.3. The van der Waals surface area contributed by atoms with Gasteiger partial charge < -0.3 is 19.1 Å². The van der Waals surface area contributed by atoms with E-state index in [9.17, 15) is 14.0 Å². The normalized spacial score (nSPS) is 21.4. The van der Waals surface area contributed by atoms with Crippen LogP contribution in [0.1, 0.15) is 54.8 Å². The molecule has 2 aliphatic heterocycles. The van der Waals surface area contributed by atoms with Crippen LogP contribution >= 0.6 is 0 Å². The summed E-state index contributed by atoms with van der Waals surface area (Å²) in [6, 6.07) is 7.50. The van der Waals surface area contributed by atoms with Gasteiger partial charge in [0, 0.05) is 44.1 Å². The number of likely N-dealkylation sites (tertiary alicyclic amines) is 2. The van der Waals surface area contributed by atoms with E-state index < -0.39 is 5.41 Å². The van der Waals surface area contributed by atoms with Crippen LogP contribution in [-0.4, -0.2) is 59.6 Å². The van der Waals surface area contributed by atoms with Crippen molar-refractivity contribution < 1.29 is 23.2 Å². The number of ether oxygens (including phenoxy) is 1. The van der Waals surface area contributed by atoms with E-state index in [0.717, 1.165) is 45.2 Å². The molecule has 0 aliphatic carbocycles. The Balaban J connectivity index is 1.51. The molecule has 8 heteroatoms. The van der Waals surface area contributed by atoms with E-state index in [4.69, 9.17) is 9.26 Å². The van der Waals surface area contributed by atoms with Gasteiger partial charge in [0.2, 0.25) is 5.91 Å². The number of piperidine rings is 2. The molecule has 0 N–H and O–H groups in total. The minimum atomic E-state index is -0.518. The lowest BCUT2D eigenvalue weighted by atomic mass is 9.77. The van der Waals surface area contributed by atoms with Crippen molar-refractivity contribution >= 4 is 11.8 Å². The Labute approximate surface area is 187 Å². The average molecular weight is 444 g/mol. The number of aryl methyl sites for hydroxylation is 1. The van der Waals surface area contributed by atoms with Gasteiger partial charge in [-0.05, 0) is 63.3 Å². The van der Waals surface area contributed by atoms with Crippen molar-refractivity contribution in [2.75, 3.05) is 32.8 Å². The van der Waals surface area contributed by atoms with Gasteiger partial charge in [0.05, 0.1) is 6.61 Å². The van der Waals surface area contributed by atoms with Crippen LogP contribution in [0.5, 0.6) is 5.75 Å². The molecule has 2 aromatic rings.